The predicted molar refractivity (Wildman–Crippen MR) is 36.1 cm³/mol. The summed E-state index contributed by atoms with van der Waals surface area (Å²) in [6.07, 6.45) is 2.10. The molecule has 0 saturated carbocycles. The highest BCUT2D eigenvalue weighted by Crippen LogP contribution is 2.06. The largest absolute Gasteiger partial charge is 0.396 e. The standard InChI is InChI=1S/C7H15FO/c1-2-7(8)5-3-4-6-9/h7,9H,2-6H2,1H3. The second kappa shape index (κ2) is 6.02. The van der Waals surface area contributed by atoms with Crippen LogP contribution >= 0.6 is 0 Å². The molecule has 1 atom stereocenters. The molecule has 0 aromatic rings. The number of hydrogen-bond acceptors (Lipinski definition) is 1. The highest BCUT2D eigenvalue weighted by molar-refractivity contribution is 4.52. The first kappa shape index (κ1) is 8.89. The van der Waals surface area contributed by atoms with Crippen molar-refractivity contribution in [2.75, 3.05) is 6.61 Å². The number of aliphatic hydroxyl groups is 1. The summed E-state index contributed by atoms with van der Waals surface area (Å²) in [5, 5.41) is 8.33. The van der Waals surface area contributed by atoms with Crippen molar-refractivity contribution in [3.05, 3.63) is 0 Å². The SMILES string of the molecule is CCC(F)CCCCO. The molecule has 0 aliphatic carbocycles. The van der Waals surface area contributed by atoms with Gasteiger partial charge in [0.2, 0.25) is 0 Å². The van der Waals surface area contributed by atoms with Crippen LogP contribution in [0.4, 0.5) is 4.39 Å². The molecule has 0 bridgehead atoms. The van der Waals surface area contributed by atoms with Gasteiger partial charge in [-0.15, -0.1) is 0 Å². The van der Waals surface area contributed by atoms with Crippen LogP contribution < -0.4 is 0 Å². The molecule has 0 rings (SSSR count). The summed E-state index contributed by atoms with van der Waals surface area (Å²) in [6.45, 7) is 2.03. The molecule has 0 saturated heterocycles. The molecular weight excluding hydrogens is 119 g/mol. The van der Waals surface area contributed by atoms with E-state index in [1.54, 1.807) is 0 Å². The Kier molecular flexibility index (Phi) is 5.94. The van der Waals surface area contributed by atoms with Crippen molar-refractivity contribution in [3.8, 4) is 0 Å². The number of halogens is 1. The Morgan fingerprint density at radius 2 is 2.11 bits per heavy atom. The second-order valence-corrected chi connectivity index (χ2v) is 2.22. The van der Waals surface area contributed by atoms with Gasteiger partial charge >= 0.3 is 0 Å². The van der Waals surface area contributed by atoms with E-state index in [9.17, 15) is 4.39 Å². The van der Waals surface area contributed by atoms with Crippen molar-refractivity contribution in [2.24, 2.45) is 0 Å². The lowest BCUT2D eigenvalue weighted by atomic mass is 10.1. The summed E-state index contributed by atoms with van der Waals surface area (Å²) in [6, 6.07) is 0. The van der Waals surface area contributed by atoms with Gasteiger partial charge in [-0.3, -0.25) is 0 Å². The minimum absolute atomic E-state index is 0.191. The monoisotopic (exact) mass is 134 g/mol. The molecule has 1 unspecified atom stereocenters. The Bertz CT molecular complexity index is 56.9. The molecule has 0 aliphatic heterocycles. The molecular formula is C7H15FO. The van der Waals surface area contributed by atoms with Crippen molar-refractivity contribution in [1.29, 1.82) is 0 Å². The Balaban J connectivity index is 2.88. The number of unbranched alkanes of at least 4 members (excludes halogenated alkanes) is 1. The van der Waals surface area contributed by atoms with Gasteiger partial charge in [0.1, 0.15) is 0 Å². The highest BCUT2D eigenvalue weighted by Gasteiger charge is 2.00. The van der Waals surface area contributed by atoms with Crippen LogP contribution in [0, 0.1) is 0 Å². The van der Waals surface area contributed by atoms with Gasteiger partial charge in [-0.05, 0) is 25.7 Å². The zero-order valence-corrected chi connectivity index (χ0v) is 5.94. The van der Waals surface area contributed by atoms with Crippen LogP contribution in [0.2, 0.25) is 0 Å². The van der Waals surface area contributed by atoms with Gasteiger partial charge < -0.3 is 5.11 Å². The van der Waals surface area contributed by atoms with Gasteiger partial charge in [-0.2, -0.15) is 0 Å². The summed E-state index contributed by atoms with van der Waals surface area (Å²) >= 11 is 0. The average molecular weight is 134 g/mol. The molecule has 0 heterocycles. The van der Waals surface area contributed by atoms with Crippen molar-refractivity contribution >= 4 is 0 Å². The predicted octanol–water partition coefficient (Wildman–Crippen LogP) is 1.90. The van der Waals surface area contributed by atoms with Crippen molar-refractivity contribution < 1.29 is 9.50 Å². The molecule has 0 spiro atoms. The molecule has 0 aromatic carbocycles. The minimum Gasteiger partial charge on any atom is -0.396 e. The van der Waals surface area contributed by atoms with Crippen LogP contribution in [-0.4, -0.2) is 17.9 Å². The van der Waals surface area contributed by atoms with Gasteiger partial charge in [0.25, 0.3) is 0 Å². The lowest BCUT2D eigenvalue weighted by Gasteiger charge is -2.01. The van der Waals surface area contributed by atoms with Gasteiger partial charge in [0.15, 0.2) is 0 Å². The number of hydrogen-bond donors (Lipinski definition) is 1. The summed E-state index contributed by atoms with van der Waals surface area (Å²) in [7, 11) is 0. The van der Waals surface area contributed by atoms with Crippen molar-refractivity contribution in [3.63, 3.8) is 0 Å². The Morgan fingerprint density at radius 1 is 1.44 bits per heavy atom. The van der Waals surface area contributed by atoms with E-state index in [1.165, 1.54) is 0 Å². The minimum atomic E-state index is -0.656. The third-order valence-electron chi connectivity index (χ3n) is 1.37. The topological polar surface area (TPSA) is 20.2 Å². The Hall–Kier alpha value is -0.110. The molecule has 0 radical (unpaired) electrons. The van der Waals surface area contributed by atoms with Gasteiger partial charge in [0.05, 0.1) is 6.17 Å². The van der Waals surface area contributed by atoms with E-state index in [0.717, 1.165) is 12.8 Å². The first-order valence-electron chi connectivity index (χ1n) is 3.56. The maximum atomic E-state index is 12.4. The molecule has 0 amide bonds. The number of alkyl halides is 1. The molecule has 0 aromatic heterocycles. The average Bonchev–Trinajstić information content (AvgIpc) is 1.89. The smallest absolute Gasteiger partial charge is 0.0999 e. The first-order chi connectivity index (χ1) is 4.31. The van der Waals surface area contributed by atoms with E-state index in [-0.39, 0.29) is 6.61 Å². The summed E-state index contributed by atoms with van der Waals surface area (Å²) in [5.41, 5.74) is 0. The van der Waals surface area contributed by atoms with Gasteiger partial charge in [0, 0.05) is 6.61 Å². The molecule has 1 N–H and O–H groups in total. The van der Waals surface area contributed by atoms with Crippen LogP contribution in [0.15, 0.2) is 0 Å². The van der Waals surface area contributed by atoms with Crippen LogP contribution in [0.3, 0.4) is 0 Å². The molecule has 0 aliphatic rings. The fourth-order valence-corrected chi connectivity index (χ4v) is 0.682. The van der Waals surface area contributed by atoms with Crippen molar-refractivity contribution in [1.82, 2.24) is 0 Å². The number of aliphatic hydroxyl groups excluding tert-OH is 1. The number of rotatable bonds is 5. The highest BCUT2D eigenvalue weighted by atomic mass is 19.1. The lowest BCUT2D eigenvalue weighted by molar-refractivity contribution is 0.258. The van der Waals surface area contributed by atoms with E-state index >= 15 is 0 Å². The van der Waals surface area contributed by atoms with Crippen LogP contribution in [-0.2, 0) is 0 Å². The summed E-state index contributed by atoms with van der Waals surface area (Å²) < 4.78 is 12.4. The zero-order valence-electron chi connectivity index (χ0n) is 5.94. The first-order valence-corrected chi connectivity index (χ1v) is 3.56. The molecule has 0 fully saturated rings. The van der Waals surface area contributed by atoms with E-state index in [0.29, 0.717) is 12.8 Å². The summed E-state index contributed by atoms with van der Waals surface area (Å²) in [4.78, 5) is 0. The second-order valence-electron chi connectivity index (χ2n) is 2.22. The van der Waals surface area contributed by atoms with Gasteiger partial charge in [-0.1, -0.05) is 6.92 Å². The molecule has 2 heteroatoms. The Labute approximate surface area is 55.9 Å². The molecule has 1 nitrogen and oxygen atoms in total. The van der Waals surface area contributed by atoms with Crippen LogP contribution in [0.5, 0.6) is 0 Å². The fraction of sp³-hybridized carbons (Fsp3) is 1.00. The summed E-state index contributed by atoms with van der Waals surface area (Å²) in [5.74, 6) is 0. The maximum absolute atomic E-state index is 12.4. The van der Waals surface area contributed by atoms with Crippen LogP contribution in [0.25, 0.3) is 0 Å². The third kappa shape index (κ3) is 5.77. The normalized spacial score (nSPS) is 13.7. The fourth-order valence-electron chi connectivity index (χ4n) is 0.682. The quantitative estimate of drug-likeness (QED) is 0.569. The lowest BCUT2D eigenvalue weighted by Crippen LogP contribution is -1.97. The van der Waals surface area contributed by atoms with E-state index in [4.69, 9.17) is 5.11 Å². The zero-order chi connectivity index (χ0) is 7.11. The van der Waals surface area contributed by atoms with E-state index in [1.807, 2.05) is 6.92 Å². The van der Waals surface area contributed by atoms with E-state index in [2.05, 4.69) is 0 Å². The van der Waals surface area contributed by atoms with Gasteiger partial charge in [-0.25, -0.2) is 4.39 Å². The third-order valence-corrected chi connectivity index (χ3v) is 1.37. The Morgan fingerprint density at radius 3 is 2.56 bits per heavy atom. The van der Waals surface area contributed by atoms with Crippen molar-refractivity contribution in [2.45, 2.75) is 38.8 Å². The molecule has 56 valence electrons. The van der Waals surface area contributed by atoms with Crippen LogP contribution in [0.1, 0.15) is 32.6 Å². The molecule has 9 heavy (non-hydrogen) atoms. The maximum Gasteiger partial charge on any atom is 0.0999 e. The van der Waals surface area contributed by atoms with E-state index < -0.39 is 6.17 Å².